The summed E-state index contributed by atoms with van der Waals surface area (Å²) in [5.41, 5.74) is 0. The van der Waals surface area contributed by atoms with Crippen molar-refractivity contribution in [3.63, 3.8) is 0 Å². The van der Waals surface area contributed by atoms with Crippen LogP contribution in [0.3, 0.4) is 0 Å². The number of ether oxygens (including phenoxy) is 6. The van der Waals surface area contributed by atoms with E-state index in [2.05, 4.69) is 47.4 Å². The summed E-state index contributed by atoms with van der Waals surface area (Å²) >= 11 is 0. The van der Waals surface area contributed by atoms with Crippen molar-refractivity contribution in [2.75, 3.05) is 67.1 Å². The monoisotopic (exact) mass is 720 g/mol. The first-order valence-electron chi connectivity index (χ1n) is 18.1. The number of rotatable bonds is 25. The number of carbonyl (C=O) groups excluding carboxylic acids is 2. The number of hydrogen-bond donors (Lipinski definition) is 0. The third kappa shape index (κ3) is 17.0. The van der Waals surface area contributed by atoms with Crippen molar-refractivity contribution in [3.05, 3.63) is 56.2 Å². The molecule has 14 heteroatoms. The number of nitrogens with zero attached hydrogens (tertiary/aromatic N) is 6. The Morgan fingerprint density at radius 3 is 1.63 bits per heavy atom. The zero-order valence-corrected chi connectivity index (χ0v) is 32.2. The van der Waals surface area contributed by atoms with Gasteiger partial charge in [0.15, 0.2) is 0 Å². The van der Waals surface area contributed by atoms with Gasteiger partial charge in [0, 0.05) is 45.5 Å². The average Bonchev–Trinajstić information content (AvgIpc) is 3.92. The van der Waals surface area contributed by atoms with Crippen LogP contribution in [0.5, 0.6) is 0 Å². The van der Waals surface area contributed by atoms with Gasteiger partial charge in [-0.05, 0) is 26.2 Å². The van der Waals surface area contributed by atoms with Gasteiger partial charge in [0.2, 0.25) is 12.7 Å². The van der Waals surface area contributed by atoms with Crippen molar-refractivity contribution < 1.29 is 47.1 Å². The minimum absolute atomic E-state index is 0.128. The van der Waals surface area contributed by atoms with Gasteiger partial charge in [-0.25, -0.2) is 23.3 Å². The molecule has 0 aromatic carbocycles. The Morgan fingerprint density at radius 1 is 0.667 bits per heavy atom. The largest absolute Gasteiger partial charge is 0.463 e. The molecule has 0 fully saturated rings. The quantitative estimate of drug-likeness (QED) is 0.0730. The van der Waals surface area contributed by atoms with Crippen LogP contribution >= 0.6 is 0 Å². The summed E-state index contributed by atoms with van der Waals surface area (Å²) in [6, 6.07) is 0.703. The number of carbonyl (C=O) groups is 2. The lowest BCUT2D eigenvalue weighted by Crippen LogP contribution is -2.27. The lowest BCUT2D eigenvalue weighted by molar-refractivity contribution is -0.671. The van der Waals surface area contributed by atoms with Crippen LogP contribution in [-0.2, 0) is 52.1 Å². The number of esters is 2. The first kappa shape index (κ1) is 43.6. The Labute approximate surface area is 304 Å². The van der Waals surface area contributed by atoms with E-state index in [9.17, 15) is 9.59 Å². The summed E-state index contributed by atoms with van der Waals surface area (Å²) in [6.45, 7) is 11.7. The van der Waals surface area contributed by atoms with Gasteiger partial charge in [0.25, 0.3) is 0 Å². The number of hydrogen-bond acceptors (Lipinski definition) is 9. The molecular weight excluding hydrogens is 656 g/mol. The molecule has 0 saturated carbocycles. The highest BCUT2D eigenvalue weighted by Crippen LogP contribution is 2.28. The molecule has 0 radical (unpaired) electrons. The smallest absolute Gasteiger partial charge is 0.309 e. The van der Waals surface area contributed by atoms with Crippen molar-refractivity contribution in [3.8, 4) is 0 Å². The number of aryl methyl sites for hydroxylation is 2. The Kier molecular flexibility index (Phi) is 21.7. The summed E-state index contributed by atoms with van der Waals surface area (Å²) < 4.78 is 41.7. The first-order valence-corrected chi connectivity index (χ1v) is 18.1. The predicted octanol–water partition coefficient (Wildman–Crippen LogP) is 3.82. The van der Waals surface area contributed by atoms with Crippen LogP contribution in [-0.4, -0.2) is 97.7 Å². The van der Waals surface area contributed by atoms with Gasteiger partial charge in [-0.3, -0.25) is 9.59 Å². The fourth-order valence-corrected chi connectivity index (χ4v) is 5.71. The highest BCUT2D eigenvalue weighted by atomic mass is 16.6. The van der Waals surface area contributed by atoms with Gasteiger partial charge in [-0.15, -0.1) is 0 Å². The highest BCUT2D eigenvalue weighted by molar-refractivity contribution is 5.72. The molecule has 0 aliphatic heterocycles. The molecule has 3 rings (SSSR count). The molecule has 0 amide bonds. The van der Waals surface area contributed by atoms with Crippen LogP contribution in [0.25, 0.3) is 0 Å². The van der Waals surface area contributed by atoms with Crippen molar-refractivity contribution in [2.24, 2.45) is 25.9 Å². The normalized spacial score (nSPS) is 14.2. The van der Waals surface area contributed by atoms with Crippen LogP contribution < -0.4 is 9.13 Å². The topological polar surface area (TPSA) is 125 Å². The lowest BCUT2D eigenvalue weighted by atomic mass is 9.92. The Balaban J connectivity index is 0.000000368. The van der Waals surface area contributed by atoms with Crippen molar-refractivity contribution in [1.29, 1.82) is 0 Å². The molecule has 0 spiro atoms. The van der Waals surface area contributed by atoms with Crippen LogP contribution in [0.4, 0.5) is 0 Å². The maximum atomic E-state index is 12.9. The van der Waals surface area contributed by atoms with Crippen LogP contribution in [0, 0.1) is 11.8 Å². The third-order valence-corrected chi connectivity index (χ3v) is 8.75. The standard InChI is InChI=1S/C21H35N4O4.C16H29N2O4/c1-5-20(25-9-8-23(3)17-25)15-19(14-18(2)24-7-6-22-16-24)21(26)29-13-12-28-11-10-27-4;1-5-15(18-7-6-17(3)13-18)12-14(2)16(19)22-11-10-21-9-8-20-4/h6-9,16-20H,5,10-15H2,1-4H3;6-7,13-15H,5,8-12H2,1-4H3/q2*+1. The molecule has 5 atom stereocenters. The van der Waals surface area contributed by atoms with Crippen LogP contribution in [0.2, 0.25) is 0 Å². The minimum Gasteiger partial charge on any atom is -0.463 e. The Morgan fingerprint density at radius 2 is 1.18 bits per heavy atom. The van der Waals surface area contributed by atoms with Gasteiger partial charge in [-0.1, -0.05) is 20.8 Å². The van der Waals surface area contributed by atoms with E-state index in [0.717, 1.165) is 25.7 Å². The summed E-state index contributed by atoms with van der Waals surface area (Å²) in [6.07, 6.45) is 21.8. The molecule has 5 unspecified atom stereocenters. The van der Waals surface area contributed by atoms with E-state index in [4.69, 9.17) is 28.4 Å². The summed E-state index contributed by atoms with van der Waals surface area (Å²) in [5, 5.41) is 0. The van der Waals surface area contributed by atoms with Crippen molar-refractivity contribution in [1.82, 2.24) is 18.7 Å². The SMILES string of the molecule is CCC(CC(C)C(=O)OCCOCCOC)n1cc[n+](C)c1.CCC(CC(CC(C)n1ccnc1)C(=O)OCCOCCOC)n1cc[n+](C)c1. The summed E-state index contributed by atoms with van der Waals surface area (Å²) in [7, 11) is 7.24. The van der Waals surface area contributed by atoms with Gasteiger partial charge >= 0.3 is 11.9 Å². The van der Waals surface area contributed by atoms with E-state index < -0.39 is 0 Å². The van der Waals surface area contributed by atoms with E-state index in [1.807, 2.05) is 65.8 Å². The van der Waals surface area contributed by atoms with Gasteiger partial charge in [-0.2, -0.15) is 0 Å². The Bertz CT molecular complexity index is 1330. The second kappa shape index (κ2) is 25.4. The summed E-state index contributed by atoms with van der Waals surface area (Å²) in [4.78, 5) is 29.0. The lowest BCUT2D eigenvalue weighted by Gasteiger charge is -2.23. The molecule has 0 bridgehead atoms. The molecule has 51 heavy (non-hydrogen) atoms. The van der Waals surface area contributed by atoms with Crippen molar-refractivity contribution >= 4 is 11.9 Å². The number of methoxy groups -OCH3 is 2. The molecule has 288 valence electrons. The van der Waals surface area contributed by atoms with Crippen LogP contribution in [0.1, 0.15) is 77.9 Å². The molecular formula is C37H64N6O8+2. The van der Waals surface area contributed by atoms with Gasteiger partial charge in [0.1, 0.15) is 50.1 Å². The van der Waals surface area contributed by atoms with E-state index in [1.165, 1.54) is 0 Å². The second-order valence-electron chi connectivity index (χ2n) is 12.9. The van der Waals surface area contributed by atoms with E-state index >= 15 is 0 Å². The minimum atomic E-state index is -0.205. The van der Waals surface area contributed by atoms with Crippen LogP contribution in [0.15, 0.2) is 56.2 Å². The predicted molar refractivity (Wildman–Crippen MR) is 191 cm³/mol. The fraction of sp³-hybridized carbons (Fsp3) is 0.703. The number of imidazole rings is 3. The maximum absolute atomic E-state index is 12.9. The Hall–Kier alpha value is -3.59. The highest BCUT2D eigenvalue weighted by Gasteiger charge is 2.29. The molecule has 3 aromatic rings. The molecule has 14 nitrogen and oxygen atoms in total. The van der Waals surface area contributed by atoms with E-state index in [0.29, 0.717) is 58.7 Å². The van der Waals surface area contributed by atoms with E-state index in [-0.39, 0.29) is 42.5 Å². The maximum Gasteiger partial charge on any atom is 0.309 e. The molecule has 3 aromatic heterocycles. The fourth-order valence-electron chi connectivity index (χ4n) is 5.71. The molecule has 3 heterocycles. The first-order chi connectivity index (χ1) is 24.6. The molecule has 0 saturated heterocycles. The third-order valence-electron chi connectivity index (χ3n) is 8.75. The van der Waals surface area contributed by atoms with Gasteiger partial charge in [0.05, 0.1) is 71.9 Å². The van der Waals surface area contributed by atoms with Crippen molar-refractivity contribution in [2.45, 2.75) is 77.9 Å². The molecule has 0 N–H and O–H groups in total. The zero-order chi connectivity index (χ0) is 37.4. The second-order valence-corrected chi connectivity index (χ2v) is 12.9. The van der Waals surface area contributed by atoms with Gasteiger partial charge < -0.3 is 33.0 Å². The zero-order valence-electron chi connectivity index (χ0n) is 32.2. The molecule has 0 aliphatic rings. The van der Waals surface area contributed by atoms with E-state index in [1.54, 1.807) is 26.7 Å². The number of aromatic nitrogens is 6. The average molecular weight is 721 g/mol. The molecule has 0 aliphatic carbocycles. The summed E-state index contributed by atoms with van der Waals surface area (Å²) in [5.74, 6) is -0.659.